The van der Waals surface area contributed by atoms with Crippen molar-refractivity contribution in [3.8, 4) is 16.9 Å². The standard InChI is InChI=1S/C12H14N2O2/c1-15-8-16-10-4-2-9(3-5-10)11-6-14-7-12(11)13/h2-7,14H,8,13H2,1H3. The Bertz CT molecular complexity index is 448. The zero-order valence-electron chi connectivity index (χ0n) is 9.07. The molecule has 84 valence electrons. The predicted octanol–water partition coefficient (Wildman–Crippen LogP) is 2.25. The molecule has 0 radical (unpaired) electrons. The zero-order chi connectivity index (χ0) is 11.4. The lowest BCUT2D eigenvalue weighted by atomic mass is 10.1. The van der Waals surface area contributed by atoms with E-state index in [1.165, 1.54) is 0 Å². The number of nitrogens with two attached hydrogens (primary N) is 1. The van der Waals surface area contributed by atoms with Gasteiger partial charge in [-0.05, 0) is 17.7 Å². The number of nitrogens with one attached hydrogen (secondary N) is 1. The van der Waals surface area contributed by atoms with Gasteiger partial charge in [0.1, 0.15) is 5.75 Å². The van der Waals surface area contributed by atoms with Gasteiger partial charge in [0.05, 0.1) is 5.69 Å². The van der Waals surface area contributed by atoms with Gasteiger partial charge in [0.25, 0.3) is 0 Å². The molecule has 0 aliphatic carbocycles. The first-order chi connectivity index (χ1) is 7.81. The lowest BCUT2D eigenvalue weighted by Gasteiger charge is -2.05. The van der Waals surface area contributed by atoms with Crippen LogP contribution in [0, 0.1) is 0 Å². The van der Waals surface area contributed by atoms with Gasteiger partial charge >= 0.3 is 0 Å². The molecular weight excluding hydrogens is 204 g/mol. The molecule has 0 unspecified atom stereocenters. The van der Waals surface area contributed by atoms with Gasteiger partial charge in [0.15, 0.2) is 6.79 Å². The average molecular weight is 218 g/mol. The Hall–Kier alpha value is -1.94. The van der Waals surface area contributed by atoms with E-state index in [4.69, 9.17) is 15.2 Å². The Morgan fingerprint density at radius 1 is 1.19 bits per heavy atom. The number of hydrogen-bond acceptors (Lipinski definition) is 3. The van der Waals surface area contributed by atoms with Crippen LogP contribution in [-0.2, 0) is 4.74 Å². The summed E-state index contributed by atoms with van der Waals surface area (Å²) in [4.78, 5) is 2.97. The maximum atomic E-state index is 5.81. The van der Waals surface area contributed by atoms with Crippen LogP contribution in [0.4, 0.5) is 5.69 Å². The van der Waals surface area contributed by atoms with E-state index in [1.54, 1.807) is 13.3 Å². The van der Waals surface area contributed by atoms with E-state index in [9.17, 15) is 0 Å². The fourth-order valence-electron chi connectivity index (χ4n) is 1.48. The second-order valence-electron chi connectivity index (χ2n) is 3.40. The van der Waals surface area contributed by atoms with Crippen LogP contribution in [0.1, 0.15) is 0 Å². The van der Waals surface area contributed by atoms with Gasteiger partial charge in [-0.2, -0.15) is 0 Å². The minimum Gasteiger partial charge on any atom is -0.468 e. The molecule has 4 nitrogen and oxygen atoms in total. The molecule has 0 spiro atoms. The van der Waals surface area contributed by atoms with Crippen LogP contribution in [-0.4, -0.2) is 18.9 Å². The first-order valence-electron chi connectivity index (χ1n) is 4.95. The fourth-order valence-corrected chi connectivity index (χ4v) is 1.48. The number of nitrogen functional groups attached to an aromatic ring is 1. The van der Waals surface area contributed by atoms with Crippen LogP contribution >= 0.6 is 0 Å². The summed E-state index contributed by atoms with van der Waals surface area (Å²) in [6, 6.07) is 7.70. The van der Waals surface area contributed by atoms with Crippen molar-refractivity contribution in [1.29, 1.82) is 0 Å². The lowest BCUT2D eigenvalue weighted by molar-refractivity contribution is 0.0511. The van der Waals surface area contributed by atoms with Crippen molar-refractivity contribution in [3.63, 3.8) is 0 Å². The molecular formula is C12H14N2O2. The van der Waals surface area contributed by atoms with Crippen LogP contribution < -0.4 is 10.5 Å². The Morgan fingerprint density at radius 2 is 1.94 bits per heavy atom. The van der Waals surface area contributed by atoms with Crippen molar-refractivity contribution in [1.82, 2.24) is 4.98 Å². The van der Waals surface area contributed by atoms with Crippen molar-refractivity contribution in [2.45, 2.75) is 0 Å². The Morgan fingerprint density at radius 3 is 2.50 bits per heavy atom. The number of aromatic amines is 1. The van der Waals surface area contributed by atoms with E-state index in [2.05, 4.69) is 4.98 Å². The molecule has 0 aliphatic heterocycles. The molecule has 1 aromatic carbocycles. The summed E-state index contributed by atoms with van der Waals surface area (Å²) in [6.45, 7) is 0.256. The first-order valence-corrected chi connectivity index (χ1v) is 4.95. The van der Waals surface area contributed by atoms with E-state index in [0.717, 1.165) is 22.6 Å². The maximum Gasteiger partial charge on any atom is 0.188 e. The number of hydrogen-bond donors (Lipinski definition) is 2. The molecule has 0 bridgehead atoms. The molecule has 16 heavy (non-hydrogen) atoms. The summed E-state index contributed by atoms with van der Waals surface area (Å²) in [5, 5.41) is 0. The summed E-state index contributed by atoms with van der Waals surface area (Å²) in [5.41, 5.74) is 8.61. The third-order valence-corrected chi connectivity index (χ3v) is 2.29. The highest BCUT2D eigenvalue weighted by atomic mass is 16.7. The number of aromatic nitrogens is 1. The molecule has 0 aliphatic rings. The molecule has 0 saturated heterocycles. The molecule has 0 atom stereocenters. The van der Waals surface area contributed by atoms with Gasteiger partial charge in [0.2, 0.25) is 0 Å². The van der Waals surface area contributed by atoms with Gasteiger partial charge in [-0.25, -0.2) is 0 Å². The van der Waals surface area contributed by atoms with E-state index < -0.39 is 0 Å². The monoisotopic (exact) mass is 218 g/mol. The van der Waals surface area contributed by atoms with Crippen LogP contribution in [0.3, 0.4) is 0 Å². The summed E-state index contributed by atoms with van der Waals surface area (Å²) in [7, 11) is 1.59. The van der Waals surface area contributed by atoms with Gasteiger partial charge in [-0.3, -0.25) is 0 Å². The van der Waals surface area contributed by atoms with Crippen molar-refractivity contribution in [2.24, 2.45) is 0 Å². The molecule has 2 rings (SSSR count). The first kappa shape index (κ1) is 10.6. The molecule has 2 aromatic rings. The van der Waals surface area contributed by atoms with Crippen LogP contribution in [0.15, 0.2) is 36.7 Å². The van der Waals surface area contributed by atoms with Crippen LogP contribution in [0.25, 0.3) is 11.1 Å². The Balaban J connectivity index is 2.16. The highest BCUT2D eigenvalue weighted by molar-refractivity contribution is 5.75. The lowest BCUT2D eigenvalue weighted by Crippen LogP contribution is -1.98. The smallest absolute Gasteiger partial charge is 0.188 e. The summed E-state index contributed by atoms with van der Waals surface area (Å²) >= 11 is 0. The minimum absolute atomic E-state index is 0.256. The number of methoxy groups -OCH3 is 1. The van der Waals surface area contributed by atoms with Crippen molar-refractivity contribution in [2.75, 3.05) is 19.6 Å². The number of rotatable bonds is 4. The number of ether oxygens (including phenoxy) is 2. The van der Waals surface area contributed by atoms with Gasteiger partial charge < -0.3 is 20.2 Å². The van der Waals surface area contributed by atoms with E-state index in [-0.39, 0.29) is 6.79 Å². The van der Waals surface area contributed by atoms with Gasteiger partial charge in [-0.1, -0.05) is 12.1 Å². The van der Waals surface area contributed by atoms with Crippen molar-refractivity contribution < 1.29 is 9.47 Å². The largest absolute Gasteiger partial charge is 0.468 e. The normalized spacial score (nSPS) is 10.3. The van der Waals surface area contributed by atoms with E-state index in [1.807, 2.05) is 30.5 Å². The molecule has 0 amide bonds. The highest BCUT2D eigenvalue weighted by Gasteiger charge is 2.03. The summed E-state index contributed by atoms with van der Waals surface area (Å²) in [6.07, 6.45) is 3.64. The third kappa shape index (κ3) is 2.17. The zero-order valence-corrected chi connectivity index (χ0v) is 9.07. The Kier molecular flexibility index (Phi) is 3.12. The number of anilines is 1. The number of benzene rings is 1. The minimum atomic E-state index is 0.256. The van der Waals surface area contributed by atoms with E-state index in [0.29, 0.717) is 0 Å². The average Bonchev–Trinajstić information content (AvgIpc) is 2.74. The summed E-state index contributed by atoms with van der Waals surface area (Å²) < 4.78 is 10.1. The molecule has 1 aromatic heterocycles. The maximum absolute atomic E-state index is 5.81. The second kappa shape index (κ2) is 4.72. The molecule has 4 heteroatoms. The van der Waals surface area contributed by atoms with Gasteiger partial charge in [0, 0.05) is 25.1 Å². The van der Waals surface area contributed by atoms with Crippen LogP contribution in [0.5, 0.6) is 5.75 Å². The molecule has 1 heterocycles. The molecule has 0 saturated carbocycles. The van der Waals surface area contributed by atoms with Crippen molar-refractivity contribution in [3.05, 3.63) is 36.7 Å². The predicted molar refractivity (Wildman–Crippen MR) is 63.1 cm³/mol. The number of H-pyrrole nitrogens is 1. The summed E-state index contributed by atoms with van der Waals surface area (Å²) in [5.74, 6) is 0.778. The second-order valence-corrected chi connectivity index (χ2v) is 3.40. The fraction of sp³-hybridized carbons (Fsp3) is 0.167. The Labute approximate surface area is 94.0 Å². The quantitative estimate of drug-likeness (QED) is 0.774. The highest BCUT2D eigenvalue weighted by Crippen LogP contribution is 2.26. The molecule has 0 fully saturated rings. The third-order valence-electron chi connectivity index (χ3n) is 2.29. The van der Waals surface area contributed by atoms with Crippen molar-refractivity contribution >= 4 is 5.69 Å². The van der Waals surface area contributed by atoms with Crippen LogP contribution in [0.2, 0.25) is 0 Å². The SMILES string of the molecule is COCOc1ccc(-c2c[nH]cc2N)cc1. The topological polar surface area (TPSA) is 60.3 Å². The van der Waals surface area contributed by atoms with Gasteiger partial charge in [-0.15, -0.1) is 0 Å². The molecule has 3 N–H and O–H groups in total. The van der Waals surface area contributed by atoms with E-state index >= 15 is 0 Å².